The van der Waals surface area contributed by atoms with E-state index in [4.69, 9.17) is 8.92 Å². The largest absolute Gasteiger partial charge is 0.496 e. The fourth-order valence-electron chi connectivity index (χ4n) is 2.23. The van der Waals surface area contributed by atoms with Crippen molar-refractivity contribution in [3.8, 4) is 5.75 Å². The van der Waals surface area contributed by atoms with Gasteiger partial charge in [-0.05, 0) is 36.8 Å². The summed E-state index contributed by atoms with van der Waals surface area (Å²) in [6, 6.07) is 11.3. The molecular weight excluding hydrogens is 344 g/mol. The summed E-state index contributed by atoms with van der Waals surface area (Å²) < 4.78 is 39.3. The summed E-state index contributed by atoms with van der Waals surface area (Å²) in [5.41, 5.74) is 2.06. The number of rotatable bonds is 7. The summed E-state index contributed by atoms with van der Waals surface area (Å²) in [7, 11) is -1.03. The van der Waals surface area contributed by atoms with Gasteiger partial charge in [-0.2, -0.15) is 8.42 Å². The Hall–Kier alpha value is -2.38. The van der Waals surface area contributed by atoms with Gasteiger partial charge in [0.05, 0.1) is 31.3 Å². The average Bonchev–Trinajstić information content (AvgIpc) is 2.61. The molecule has 0 aliphatic rings. The zero-order chi connectivity index (χ0) is 18.4. The van der Waals surface area contributed by atoms with Crippen LogP contribution in [0.5, 0.6) is 5.75 Å². The van der Waals surface area contributed by atoms with Gasteiger partial charge in [0.15, 0.2) is 0 Å². The molecular formula is C18H20O6S. The topological polar surface area (TPSA) is 78.9 Å². The van der Waals surface area contributed by atoms with Crippen molar-refractivity contribution in [3.05, 3.63) is 59.2 Å². The van der Waals surface area contributed by atoms with Crippen LogP contribution in [0.3, 0.4) is 0 Å². The third-order valence-electron chi connectivity index (χ3n) is 3.63. The van der Waals surface area contributed by atoms with Gasteiger partial charge < -0.3 is 9.47 Å². The third kappa shape index (κ3) is 4.80. The van der Waals surface area contributed by atoms with Crippen LogP contribution in [0.2, 0.25) is 0 Å². The van der Waals surface area contributed by atoms with Gasteiger partial charge in [0.1, 0.15) is 5.75 Å². The van der Waals surface area contributed by atoms with Gasteiger partial charge in [-0.25, -0.2) is 4.79 Å². The molecule has 0 saturated carbocycles. The number of esters is 1. The molecule has 7 heteroatoms. The number of aryl methyl sites for hydroxylation is 1. The third-order valence-corrected chi connectivity index (χ3v) is 4.95. The fourth-order valence-corrected chi connectivity index (χ4v) is 3.14. The molecule has 0 bridgehead atoms. The quantitative estimate of drug-likeness (QED) is 0.555. The molecule has 0 amide bonds. The molecule has 0 saturated heterocycles. The summed E-state index contributed by atoms with van der Waals surface area (Å²) in [5.74, 6) is 0.00211. The molecule has 0 aliphatic heterocycles. The van der Waals surface area contributed by atoms with E-state index in [0.29, 0.717) is 17.7 Å². The minimum atomic E-state index is -3.81. The van der Waals surface area contributed by atoms with E-state index >= 15 is 0 Å². The zero-order valence-electron chi connectivity index (χ0n) is 14.3. The van der Waals surface area contributed by atoms with Crippen LogP contribution in [0.1, 0.15) is 21.5 Å². The van der Waals surface area contributed by atoms with E-state index in [1.807, 2.05) is 6.92 Å². The Kier molecular flexibility index (Phi) is 6.17. The van der Waals surface area contributed by atoms with Gasteiger partial charge in [0.2, 0.25) is 0 Å². The lowest BCUT2D eigenvalue weighted by Crippen LogP contribution is -2.10. The lowest BCUT2D eigenvalue weighted by Gasteiger charge is -2.11. The average molecular weight is 364 g/mol. The second-order valence-corrected chi connectivity index (χ2v) is 6.97. The van der Waals surface area contributed by atoms with E-state index in [0.717, 1.165) is 11.1 Å². The first-order valence-corrected chi connectivity index (χ1v) is 8.99. The van der Waals surface area contributed by atoms with Crippen LogP contribution in [-0.2, 0) is 25.5 Å². The van der Waals surface area contributed by atoms with Crippen LogP contribution in [0.15, 0.2) is 47.4 Å². The molecule has 0 radical (unpaired) electrons. The number of carbonyl (C=O) groups excluding carboxylic acids is 1. The second-order valence-electron chi connectivity index (χ2n) is 5.36. The Bertz CT molecular complexity index is 840. The normalized spacial score (nSPS) is 11.2. The van der Waals surface area contributed by atoms with Crippen LogP contribution < -0.4 is 4.74 Å². The minimum absolute atomic E-state index is 0.0376. The molecule has 0 fully saturated rings. The van der Waals surface area contributed by atoms with Gasteiger partial charge in [-0.15, -0.1) is 0 Å². The molecule has 0 heterocycles. The summed E-state index contributed by atoms with van der Waals surface area (Å²) >= 11 is 0. The molecule has 0 spiro atoms. The maximum absolute atomic E-state index is 12.2. The van der Waals surface area contributed by atoms with Crippen molar-refractivity contribution in [2.75, 3.05) is 20.8 Å². The SMILES string of the molecule is COC(=O)c1ccc(CCOS(=O)(=O)c2ccc(C)cc2)c(OC)c1. The van der Waals surface area contributed by atoms with Gasteiger partial charge in [0.25, 0.3) is 10.1 Å². The molecule has 25 heavy (non-hydrogen) atoms. The van der Waals surface area contributed by atoms with Crippen molar-refractivity contribution in [2.45, 2.75) is 18.2 Å². The van der Waals surface area contributed by atoms with E-state index in [1.165, 1.54) is 26.4 Å². The Morgan fingerprint density at radius 1 is 1.04 bits per heavy atom. The molecule has 0 atom stereocenters. The smallest absolute Gasteiger partial charge is 0.337 e. The van der Waals surface area contributed by atoms with E-state index in [2.05, 4.69) is 4.74 Å². The number of methoxy groups -OCH3 is 2. The highest BCUT2D eigenvalue weighted by atomic mass is 32.2. The van der Waals surface area contributed by atoms with Crippen LogP contribution in [0.4, 0.5) is 0 Å². The molecule has 0 unspecified atom stereocenters. The van der Waals surface area contributed by atoms with Crippen LogP contribution in [0, 0.1) is 6.92 Å². The van der Waals surface area contributed by atoms with Crippen molar-refractivity contribution in [1.29, 1.82) is 0 Å². The highest BCUT2D eigenvalue weighted by Crippen LogP contribution is 2.22. The number of carbonyl (C=O) groups is 1. The Labute approximate surface area is 147 Å². The van der Waals surface area contributed by atoms with Crippen molar-refractivity contribution in [3.63, 3.8) is 0 Å². The molecule has 6 nitrogen and oxygen atoms in total. The molecule has 2 aromatic carbocycles. The van der Waals surface area contributed by atoms with E-state index < -0.39 is 16.1 Å². The predicted octanol–water partition coefficient (Wildman–Crippen LogP) is 2.74. The van der Waals surface area contributed by atoms with E-state index in [-0.39, 0.29) is 11.5 Å². The highest BCUT2D eigenvalue weighted by molar-refractivity contribution is 7.86. The highest BCUT2D eigenvalue weighted by Gasteiger charge is 2.16. The van der Waals surface area contributed by atoms with Gasteiger partial charge in [0, 0.05) is 6.42 Å². The van der Waals surface area contributed by atoms with Gasteiger partial charge >= 0.3 is 5.97 Å². The molecule has 0 aliphatic carbocycles. The molecule has 2 rings (SSSR count). The molecule has 0 N–H and O–H groups in total. The van der Waals surface area contributed by atoms with E-state index in [9.17, 15) is 13.2 Å². The van der Waals surface area contributed by atoms with Crippen LogP contribution in [-0.4, -0.2) is 35.2 Å². The second kappa shape index (κ2) is 8.13. The molecule has 0 aromatic heterocycles. The first-order chi connectivity index (χ1) is 11.9. The molecule has 2 aromatic rings. The van der Waals surface area contributed by atoms with Crippen LogP contribution in [0.25, 0.3) is 0 Å². The first-order valence-electron chi connectivity index (χ1n) is 7.58. The predicted molar refractivity (Wildman–Crippen MR) is 92.4 cm³/mol. The van der Waals surface area contributed by atoms with E-state index in [1.54, 1.807) is 30.3 Å². The maximum atomic E-state index is 12.2. The zero-order valence-corrected chi connectivity index (χ0v) is 15.1. The first kappa shape index (κ1) is 19.0. The summed E-state index contributed by atoms with van der Waals surface area (Å²) in [4.78, 5) is 11.7. The number of ether oxygens (including phenoxy) is 2. The Morgan fingerprint density at radius 3 is 2.32 bits per heavy atom. The fraction of sp³-hybridized carbons (Fsp3) is 0.278. The summed E-state index contributed by atoms with van der Waals surface area (Å²) in [5, 5.41) is 0. The Morgan fingerprint density at radius 2 is 1.72 bits per heavy atom. The standard InChI is InChI=1S/C18H20O6S/c1-13-4-8-16(9-5-13)25(20,21)24-11-10-14-6-7-15(18(19)23-3)12-17(14)22-2/h4-9,12H,10-11H2,1-3H3. The lowest BCUT2D eigenvalue weighted by molar-refractivity contribution is 0.0600. The molecule has 134 valence electrons. The lowest BCUT2D eigenvalue weighted by atomic mass is 10.1. The van der Waals surface area contributed by atoms with Crippen molar-refractivity contribution >= 4 is 16.1 Å². The van der Waals surface area contributed by atoms with Crippen molar-refractivity contribution < 1.29 is 26.9 Å². The monoisotopic (exact) mass is 364 g/mol. The van der Waals surface area contributed by atoms with Crippen molar-refractivity contribution in [1.82, 2.24) is 0 Å². The maximum Gasteiger partial charge on any atom is 0.337 e. The Balaban J connectivity index is 2.06. The number of hydrogen-bond donors (Lipinski definition) is 0. The van der Waals surface area contributed by atoms with Crippen molar-refractivity contribution in [2.24, 2.45) is 0 Å². The summed E-state index contributed by atoms with van der Waals surface area (Å²) in [6.07, 6.45) is 0.315. The number of hydrogen-bond acceptors (Lipinski definition) is 6. The summed E-state index contributed by atoms with van der Waals surface area (Å²) in [6.45, 7) is 1.84. The number of benzene rings is 2. The van der Waals surface area contributed by atoms with Gasteiger partial charge in [-0.3, -0.25) is 4.18 Å². The van der Waals surface area contributed by atoms with Gasteiger partial charge in [-0.1, -0.05) is 23.8 Å². The minimum Gasteiger partial charge on any atom is -0.496 e. The van der Waals surface area contributed by atoms with Crippen LogP contribution >= 0.6 is 0 Å².